The molecule has 0 spiro atoms. The zero-order valence-corrected chi connectivity index (χ0v) is 26.9. The molecule has 3 heterocycles. The first kappa shape index (κ1) is 27.2. The number of furan rings is 2. The molecular formula is C46H28N2O2. The highest BCUT2D eigenvalue weighted by atomic mass is 16.3. The second-order valence-corrected chi connectivity index (χ2v) is 13.0. The van der Waals surface area contributed by atoms with Gasteiger partial charge < -0.3 is 18.3 Å². The van der Waals surface area contributed by atoms with Crippen molar-refractivity contribution in [1.82, 2.24) is 4.57 Å². The molecule has 50 heavy (non-hydrogen) atoms. The normalized spacial score (nSPS) is 12.0. The predicted octanol–water partition coefficient (Wildman–Crippen LogP) is 13.2. The van der Waals surface area contributed by atoms with Gasteiger partial charge in [0.05, 0.1) is 16.7 Å². The summed E-state index contributed by atoms with van der Waals surface area (Å²) in [5.74, 6) is 0. The second-order valence-electron chi connectivity index (χ2n) is 13.0. The summed E-state index contributed by atoms with van der Waals surface area (Å²) in [5, 5.41) is 9.15. The summed E-state index contributed by atoms with van der Waals surface area (Å²) in [5.41, 5.74) is 10.1. The van der Waals surface area contributed by atoms with Gasteiger partial charge in [0, 0.05) is 55.4 Å². The third kappa shape index (κ3) is 3.93. The molecule has 11 aromatic rings. The van der Waals surface area contributed by atoms with Gasteiger partial charge in [0.15, 0.2) is 0 Å². The molecule has 0 saturated heterocycles. The van der Waals surface area contributed by atoms with Crippen molar-refractivity contribution >= 4 is 93.5 Å². The maximum atomic E-state index is 6.61. The number of nitrogens with zero attached hydrogens (tertiary/aromatic N) is 2. The van der Waals surface area contributed by atoms with Crippen molar-refractivity contribution in [3.05, 3.63) is 170 Å². The third-order valence-corrected chi connectivity index (χ3v) is 10.1. The molecule has 0 saturated carbocycles. The van der Waals surface area contributed by atoms with Crippen LogP contribution in [0, 0.1) is 0 Å². The van der Waals surface area contributed by atoms with Crippen LogP contribution in [-0.4, -0.2) is 4.57 Å². The first-order valence-corrected chi connectivity index (χ1v) is 16.9. The number of fused-ring (bicyclic) bond motifs is 10. The summed E-state index contributed by atoms with van der Waals surface area (Å²) >= 11 is 0. The lowest BCUT2D eigenvalue weighted by Gasteiger charge is -2.26. The molecule has 0 N–H and O–H groups in total. The van der Waals surface area contributed by atoms with Crippen LogP contribution in [-0.2, 0) is 0 Å². The van der Waals surface area contributed by atoms with Crippen LogP contribution < -0.4 is 4.90 Å². The van der Waals surface area contributed by atoms with E-state index in [0.29, 0.717) is 0 Å². The van der Waals surface area contributed by atoms with Crippen LogP contribution in [0.1, 0.15) is 0 Å². The lowest BCUT2D eigenvalue weighted by Crippen LogP contribution is -2.10. The molecule has 0 amide bonds. The van der Waals surface area contributed by atoms with Crippen LogP contribution in [0.25, 0.3) is 82.1 Å². The highest BCUT2D eigenvalue weighted by Crippen LogP contribution is 2.46. The molecule has 0 radical (unpaired) electrons. The molecule has 3 aromatic heterocycles. The number of para-hydroxylation sites is 3. The Kier molecular flexibility index (Phi) is 5.63. The van der Waals surface area contributed by atoms with Gasteiger partial charge in [-0.1, -0.05) is 84.9 Å². The molecule has 234 valence electrons. The van der Waals surface area contributed by atoms with Gasteiger partial charge in [0.2, 0.25) is 0 Å². The van der Waals surface area contributed by atoms with Gasteiger partial charge in [-0.05, 0) is 89.6 Å². The first-order chi connectivity index (χ1) is 24.8. The summed E-state index contributed by atoms with van der Waals surface area (Å²) in [6.07, 6.45) is 0. The van der Waals surface area contributed by atoms with E-state index in [1.807, 2.05) is 12.1 Å². The van der Waals surface area contributed by atoms with E-state index >= 15 is 0 Å². The van der Waals surface area contributed by atoms with Crippen LogP contribution in [0.5, 0.6) is 0 Å². The van der Waals surface area contributed by atoms with Crippen molar-refractivity contribution < 1.29 is 8.83 Å². The van der Waals surface area contributed by atoms with E-state index < -0.39 is 0 Å². The first-order valence-electron chi connectivity index (χ1n) is 16.9. The zero-order valence-electron chi connectivity index (χ0n) is 26.9. The maximum absolute atomic E-state index is 6.61. The molecule has 4 heteroatoms. The number of hydrogen-bond acceptors (Lipinski definition) is 3. The Morgan fingerprint density at radius 2 is 1.00 bits per heavy atom. The Morgan fingerprint density at radius 3 is 1.90 bits per heavy atom. The van der Waals surface area contributed by atoms with Gasteiger partial charge in [0.25, 0.3) is 0 Å². The predicted molar refractivity (Wildman–Crippen MR) is 208 cm³/mol. The summed E-state index contributed by atoms with van der Waals surface area (Å²) < 4.78 is 15.2. The quantitative estimate of drug-likeness (QED) is 0.192. The highest BCUT2D eigenvalue weighted by molar-refractivity contribution is 6.17. The van der Waals surface area contributed by atoms with E-state index in [1.54, 1.807) is 0 Å². The van der Waals surface area contributed by atoms with E-state index in [4.69, 9.17) is 8.83 Å². The fourth-order valence-electron chi connectivity index (χ4n) is 7.91. The highest BCUT2D eigenvalue weighted by Gasteiger charge is 2.23. The average Bonchev–Trinajstić information content (AvgIpc) is 3.83. The van der Waals surface area contributed by atoms with Gasteiger partial charge in [-0.15, -0.1) is 0 Å². The van der Waals surface area contributed by atoms with Crippen LogP contribution in [0.4, 0.5) is 17.1 Å². The molecule has 0 fully saturated rings. The Balaban J connectivity index is 1.21. The molecule has 0 atom stereocenters. The summed E-state index contributed by atoms with van der Waals surface area (Å²) in [6, 6.07) is 60.2. The Labute approximate surface area is 286 Å². The van der Waals surface area contributed by atoms with Gasteiger partial charge in [-0.2, -0.15) is 0 Å². The minimum atomic E-state index is 0.853. The van der Waals surface area contributed by atoms with Gasteiger partial charge >= 0.3 is 0 Å². The van der Waals surface area contributed by atoms with Crippen molar-refractivity contribution in [2.24, 2.45) is 0 Å². The largest absolute Gasteiger partial charge is 0.456 e. The fourth-order valence-corrected chi connectivity index (χ4v) is 7.91. The fraction of sp³-hybridized carbons (Fsp3) is 0. The minimum Gasteiger partial charge on any atom is -0.456 e. The number of aromatic nitrogens is 1. The van der Waals surface area contributed by atoms with Crippen molar-refractivity contribution in [2.45, 2.75) is 0 Å². The standard InChI is InChI=1S/C46H28N2O2/c1-2-13-31(14-3-1)48-39-17-8-6-16-36(39)46-40(18-10-19-41(46)48)47(32-22-24-43-38(27-32)34-15-7-9-20-42(34)49-43)33-21-23-35-37-25-29-11-4-5-12-30(29)26-44(37)50-45(35)28-33/h1-28H. The number of benzene rings is 8. The van der Waals surface area contributed by atoms with E-state index in [-0.39, 0.29) is 0 Å². The van der Waals surface area contributed by atoms with Crippen LogP contribution in [0.3, 0.4) is 0 Å². The smallest absolute Gasteiger partial charge is 0.137 e. The van der Waals surface area contributed by atoms with Crippen molar-refractivity contribution in [3.8, 4) is 5.69 Å². The average molecular weight is 641 g/mol. The van der Waals surface area contributed by atoms with Crippen molar-refractivity contribution in [2.75, 3.05) is 4.90 Å². The Morgan fingerprint density at radius 1 is 0.380 bits per heavy atom. The maximum Gasteiger partial charge on any atom is 0.137 e. The molecule has 0 aliphatic carbocycles. The molecule has 0 aliphatic rings. The molecule has 8 aromatic carbocycles. The summed E-state index contributed by atoms with van der Waals surface area (Å²) in [4.78, 5) is 2.37. The van der Waals surface area contributed by atoms with E-state index in [0.717, 1.165) is 77.7 Å². The summed E-state index contributed by atoms with van der Waals surface area (Å²) in [7, 11) is 0. The monoisotopic (exact) mass is 640 g/mol. The second kappa shape index (κ2) is 10.4. The van der Waals surface area contributed by atoms with Gasteiger partial charge in [0.1, 0.15) is 22.3 Å². The van der Waals surface area contributed by atoms with Crippen LogP contribution >= 0.6 is 0 Å². The van der Waals surface area contributed by atoms with Crippen molar-refractivity contribution in [1.29, 1.82) is 0 Å². The third-order valence-electron chi connectivity index (χ3n) is 10.1. The number of hydrogen-bond donors (Lipinski definition) is 0. The molecule has 0 unspecified atom stereocenters. The molecule has 0 bridgehead atoms. The molecule has 0 aliphatic heterocycles. The Bertz CT molecular complexity index is 3110. The SMILES string of the molecule is c1ccc(-n2c3ccccc3c3c(N(c4ccc5c(c4)oc4cc6ccccc6cc45)c4ccc5oc6ccccc6c5c4)cccc32)cc1. The topological polar surface area (TPSA) is 34.5 Å². The van der Waals surface area contributed by atoms with Crippen LogP contribution in [0.15, 0.2) is 179 Å². The number of anilines is 3. The van der Waals surface area contributed by atoms with Crippen LogP contribution in [0.2, 0.25) is 0 Å². The number of rotatable bonds is 4. The zero-order chi connectivity index (χ0) is 32.8. The lowest BCUT2D eigenvalue weighted by atomic mass is 10.0. The molecular weight excluding hydrogens is 613 g/mol. The van der Waals surface area contributed by atoms with Crippen molar-refractivity contribution in [3.63, 3.8) is 0 Å². The van der Waals surface area contributed by atoms with E-state index in [1.165, 1.54) is 21.5 Å². The van der Waals surface area contributed by atoms with E-state index in [9.17, 15) is 0 Å². The molecule has 11 rings (SSSR count). The Hall–Kier alpha value is -6.78. The molecule has 4 nitrogen and oxygen atoms in total. The summed E-state index contributed by atoms with van der Waals surface area (Å²) in [6.45, 7) is 0. The van der Waals surface area contributed by atoms with E-state index in [2.05, 4.69) is 167 Å². The minimum absolute atomic E-state index is 0.853. The van der Waals surface area contributed by atoms with Gasteiger partial charge in [-0.25, -0.2) is 0 Å². The lowest BCUT2D eigenvalue weighted by molar-refractivity contribution is 0.668. The van der Waals surface area contributed by atoms with Gasteiger partial charge in [-0.3, -0.25) is 0 Å².